The van der Waals surface area contributed by atoms with Crippen molar-refractivity contribution in [3.05, 3.63) is 52.5 Å². The van der Waals surface area contributed by atoms with Gasteiger partial charge in [0.05, 0.1) is 18.3 Å². The molecule has 1 amide bonds. The highest BCUT2D eigenvalue weighted by atomic mass is 35.5. The molecule has 2 rings (SSSR count). The van der Waals surface area contributed by atoms with Gasteiger partial charge in [-0.2, -0.15) is 5.10 Å². The van der Waals surface area contributed by atoms with Crippen LogP contribution in [0.25, 0.3) is 0 Å². The minimum Gasteiger partial charge on any atom is -0.503 e. The van der Waals surface area contributed by atoms with E-state index < -0.39 is 5.91 Å². The maximum atomic E-state index is 11.8. The van der Waals surface area contributed by atoms with Gasteiger partial charge in [-0.3, -0.25) is 4.79 Å². The second kappa shape index (κ2) is 8.77. The summed E-state index contributed by atoms with van der Waals surface area (Å²) >= 11 is 5.90. The summed E-state index contributed by atoms with van der Waals surface area (Å²) in [7, 11) is 1.42. The number of rotatable bonds is 6. The largest absolute Gasteiger partial charge is 0.503 e. The predicted octanol–water partition coefficient (Wildman–Crippen LogP) is 3.88. The van der Waals surface area contributed by atoms with Crippen LogP contribution in [0.1, 0.15) is 31.9 Å². The molecular formula is C20H23ClN2O4. The van der Waals surface area contributed by atoms with Crippen LogP contribution in [0.15, 0.2) is 41.5 Å². The molecule has 6 nitrogen and oxygen atoms in total. The summed E-state index contributed by atoms with van der Waals surface area (Å²) in [6.45, 7) is 6.23. The van der Waals surface area contributed by atoms with Crippen molar-refractivity contribution in [3.63, 3.8) is 0 Å². The zero-order valence-corrected chi connectivity index (χ0v) is 16.5. The first kappa shape index (κ1) is 20.6. The molecule has 0 atom stereocenters. The average molecular weight is 391 g/mol. The molecule has 2 aromatic carbocycles. The fourth-order valence-corrected chi connectivity index (χ4v) is 2.45. The van der Waals surface area contributed by atoms with E-state index in [1.807, 2.05) is 24.3 Å². The Morgan fingerprint density at radius 2 is 1.93 bits per heavy atom. The van der Waals surface area contributed by atoms with Crippen LogP contribution >= 0.6 is 11.6 Å². The lowest BCUT2D eigenvalue weighted by atomic mass is 9.87. The van der Waals surface area contributed by atoms with Crippen LogP contribution in [-0.2, 0) is 10.2 Å². The van der Waals surface area contributed by atoms with Crippen molar-refractivity contribution in [2.45, 2.75) is 26.2 Å². The molecular weight excluding hydrogens is 368 g/mol. The number of hydrazone groups is 1. The molecule has 7 heteroatoms. The zero-order chi connectivity index (χ0) is 20.0. The van der Waals surface area contributed by atoms with E-state index in [0.29, 0.717) is 11.3 Å². The van der Waals surface area contributed by atoms with E-state index in [1.54, 1.807) is 6.07 Å². The summed E-state index contributed by atoms with van der Waals surface area (Å²) < 4.78 is 10.5. The Hall–Kier alpha value is -2.73. The lowest BCUT2D eigenvalue weighted by molar-refractivity contribution is -0.123. The maximum Gasteiger partial charge on any atom is 0.277 e. The Labute approximate surface area is 163 Å². The number of amides is 1. The number of benzene rings is 2. The molecule has 2 N–H and O–H groups in total. The van der Waals surface area contributed by atoms with Gasteiger partial charge >= 0.3 is 0 Å². The molecule has 0 bridgehead atoms. The molecule has 2 aromatic rings. The van der Waals surface area contributed by atoms with Crippen LogP contribution in [0, 0.1) is 0 Å². The number of nitrogens with zero attached hydrogens (tertiary/aromatic N) is 1. The zero-order valence-electron chi connectivity index (χ0n) is 15.7. The highest BCUT2D eigenvalue weighted by Crippen LogP contribution is 2.34. The summed E-state index contributed by atoms with van der Waals surface area (Å²) in [5.41, 5.74) is 4.18. The molecule has 0 fully saturated rings. The number of ether oxygens (including phenoxy) is 2. The number of aromatic hydroxyl groups is 1. The van der Waals surface area contributed by atoms with Crippen molar-refractivity contribution in [2.24, 2.45) is 5.10 Å². The Morgan fingerprint density at radius 1 is 1.26 bits per heavy atom. The minimum absolute atomic E-state index is 0.0599. The quantitative estimate of drug-likeness (QED) is 0.579. The van der Waals surface area contributed by atoms with Crippen LogP contribution in [0.2, 0.25) is 5.02 Å². The van der Waals surface area contributed by atoms with Crippen LogP contribution < -0.4 is 14.9 Å². The summed E-state index contributed by atoms with van der Waals surface area (Å²) in [6, 6.07) is 10.7. The fourth-order valence-electron chi connectivity index (χ4n) is 2.24. The topological polar surface area (TPSA) is 80.2 Å². The number of hydrogen-bond acceptors (Lipinski definition) is 5. The summed E-state index contributed by atoms with van der Waals surface area (Å²) in [5, 5.41) is 13.7. The predicted molar refractivity (Wildman–Crippen MR) is 106 cm³/mol. The van der Waals surface area contributed by atoms with Gasteiger partial charge < -0.3 is 14.6 Å². The van der Waals surface area contributed by atoms with E-state index >= 15 is 0 Å². The molecule has 0 radical (unpaired) electrons. The molecule has 0 spiro atoms. The second-order valence-electron chi connectivity index (χ2n) is 6.91. The second-order valence-corrected chi connectivity index (χ2v) is 7.32. The van der Waals surface area contributed by atoms with Crippen LogP contribution in [-0.4, -0.2) is 30.9 Å². The Morgan fingerprint density at radius 3 is 2.52 bits per heavy atom. The lowest BCUT2D eigenvalue weighted by Crippen LogP contribution is -2.24. The number of hydrogen-bond donors (Lipinski definition) is 2. The van der Waals surface area contributed by atoms with Crippen molar-refractivity contribution < 1.29 is 19.4 Å². The molecule has 0 saturated heterocycles. The first-order valence-electron chi connectivity index (χ1n) is 8.32. The maximum absolute atomic E-state index is 11.8. The lowest BCUT2D eigenvalue weighted by Gasteiger charge is -2.19. The van der Waals surface area contributed by atoms with E-state index in [0.717, 1.165) is 0 Å². The van der Waals surface area contributed by atoms with Crippen molar-refractivity contribution in [2.75, 3.05) is 13.7 Å². The summed E-state index contributed by atoms with van der Waals surface area (Å²) in [4.78, 5) is 11.8. The number of phenols is 1. The van der Waals surface area contributed by atoms with E-state index in [1.165, 1.54) is 25.0 Å². The third-order valence-corrected chi connectivity index (χ3v) is 4.05. The number of phenolic OH excluding ortho intramolecular Hbond substituents is 1. The van der Waals surface area contributed by atoms with E-state index in [9.17, 15) is 9.90 Å². The van der Waals surface area contributed by atoms with Gasteiger partial charge in [0, 0.05) is 0 Å². The number of nitrogens with one attached hydrogen (secondary N) is 1. The highest BCUT2D eigenvalue weighted by Gasteiger charge is 2.13. The van der Waals surface area contributed by atoms with Gasteiger partial charge in [-0.05, 0) is 40.8 Å². The molecule has 0 unspecified atom stereocenters. The summed E-state index contributed by atoms with van der Waals surface area (Å²) in [5.74, 6) is 0.281. The molecule has 0 aliphatic carbocycles. The normalized spacial score (nSPS) is 11.4. The highest BCUT2D eigenvalue weighted by molar-refractivity contribution is 6.32. The van der Waals surface area contributed by atoms with E-state index in [4.69, 9.17) is 21.1 Å². The third-order valence-electron chi connectivity index (χ3n) is 3.76. The van der Waals surface area contributed by atoms with E-state index in [-0.39, 0.29) is 28.5 Å². The number of methoxy groups -OCH3 is 1. The van der Waals surface area contributed by atoms with Gasteiger partial charge in [-0.1, -0.05) is 44.5 Å². The van der Waals surface area contributed by atoms with Crippen molar-refractivity contribution in [1.82, 2.24) is 5.43 Å². The van der Waals surface area contributed by atoms with Gasteiger partial charge in [0.15, 0.2) is 18.1 Å². The van der Waals surface area contributed by atoms with Gasteiger partial charge in [-0.15, -0.1) is 0 Å². The smallest absolute Gasteiger partial charge is 0.277 e. The molecule has 0 heterocycles. The summed E-state index contributed by atoms with van der Waals surface area (Å²) in [6.07, 6.45) is 1.39. The SMILES string of the molecule is COc1cc(/C=N/NC(=O)COc2ccc(C(C)(C)C)cc2)cc(Cl)c1O. The molecule has 0 saturated carbocycles. The monoisotopic (exact) mass is 390 g/mol. The molecule has 0 aromatic heterocycles. The number of carbonyl (C=O) groups excluding carboxylic acids is 1. The van der Waals surface area contributed by atoms with Gasteiger partial charge in [0.25, 0.3) is 5.91 Å². The van der Waals surface area contributed by atoms with Crippen molar-refractivity contribution in [3.8, 4) is 17.2 Å². The molecule has 27 heavy (non-hydrogen) atoms. The Kier molecular flexibility index (Phi) is 6.69. The first-order valence-corrected chi connectivity index (χ1v) is 8.70. The van der Waals surface area contributed by atoms with Crippen molar-refractivity contribution in [1.29, 1.82) is 0 Å². The molecule has 144 valence electrons. The first-order chi connectivity index (χ1) is 12.7. The van der Waals surface area contributed by atoms with Gasteiger partial charge in [-0.25, -0.2) is 5.43 Å². The van der Waals surface area contributed by atoms with Crippen LogP contribution in [0.3, 0.4) is 0 Å². The van der Waals surface area contributed by atoms with E-state index in [2.05, 4.69) is 31.3 Å². The number of halogens is 1. The van der Waals surface area contributed by atoms with Gasteiger partial charge in [0.2, 0.25) is 0 Å². The minimum atomic E-state index is -0.400. The van der Waals surface area contributed by atoms with Crippen LogP contribution in [0.4, 0.5) is 0 Å². The Bertz CT molecular complexity index is 827. The number of carbonyl (C=O) groups is 1. The fraction of sp³-hybridized carbons (Fsp3) is 0.300. The van der Waals surface area contributed by atoms with Crippen molar-refractivity contribution >= 4 is 23.7 Å². The van der Waals surface area contributed by atoms with Gasteiger partial charge in [0.1, 0.15) is 5.75 Å². The Balaban J connectivity index is 1.88. The molecule has 0 aliphatic heterocycles. The van der Waals surface area contributed by atoms with Crippen LogP contribution in [0.5, 0.6) is 17.2 Å². The average Bonchev–Trinajstić information content (AvgIpc) is 2.62. The third kappa shape index (κ3) is 5.89. The molecule has 0 aliphatic rings. The standard InChI is InChI=1S/C20H23ClN2O4/c1-20(2,3)14-5-7-15(8-6-14)27-12-18(24)23-22-11-13-9-16(21)19(25)17(10-13)26-4/h5-11,25H,12H2,1-4H3,(H,23,24)/b22-11+.